The summed E-state index contributed by atoms with van der Waals surface area (Å²) in [6.45, 7) is 5.28. The number of nitrogens with zero attached hydrogens (tertiary/aromatic N) is 5. The zero-order valence-corrected chi connectivity index (χ0v) is 11.7. The molecule has 6 heteroatoms. The molecule has 0 aliphatic carbocycles. The van der Waals surface area contributed by atoms with E-state index in [1.165, 1.54) is 0 Å². The molecule has 1 saturated heterocycles. The van der Waals surface area contributed by atoms with Crippen LogP contribution in [0.15, 0.2) is 18.6 Å². The second kappa shape index (κ2) is 4.70. The topological polar surface area (TPSA) is 48.7 Å². The van der Waals surface area contributed by atoms with Crippen LogP contribution >= 0.6 is 0 Å². The first-order chi connectivity index (χ1) is 9.19. The average Bonchev–Trinajstić information content (AvgIpc) is 2.89. The van der Waals surface area contributed by atoms with Gasteiger partial charge < -0.3 is 19.5 Å². The number of fused-ring (bicyclic) bond motifs is 1. The summed E-state index contributed by atoms with van der Waals surface area (Å²) < 4.78 is 2.02. The summed E-state index contributed by atoms with van der Waals surface area (Å²) in [6, 6.07) is 0.531. The summed E-state index contributed by atoms with van der Waals surface area (Å²) in [7, 11) is 4.06. The number of aromatic nitrogens is 3. The Morgan fingerprint density at radius 3 is 2.95 bits per heavy atom. The third-order valence-electron chi connectivity index (χ3n) is 3.87. The van der Waals surface area contributed by atoms with Crippen LogP contribution in [0.4, 0.5) is 11.6 Å². The Kier molecular flexibility index (Phi) is 3.02. The van der Waals surface area contributed by atoms with Crippen LogP contribution in [-0.4, -0.2) is 59.0 Å². The predicted molar refractivity (Wildman–Crippen MR) is 76.8 cm³/mol. The molecule has 1 aliphatic rings. The molecule has 6 nitrogen and oxygen atoms in total. The van der Waals surface area contributed by atoms with E-state index in [1.54, 1.807) is 0 Å². The normalized spacial score (nSPS) is 21.0. The highest BCUT2D eigenvalue weighted by atomic mass is 15.3. The van der Waals surface area contributed by atoms with Gasteiger partial charge in [-0.25, -0.2) is 9.97 Å². The summed E-state index contributed by atoms with van der Waals surface area (Å²) in [6.07, 6.45) is 5.74. The molecule has 1 atom stereocenters. The number of piperazine rings is 1. The maximum absolute atomic E-state index is 4.69. The van der Waals surface area contributed by atoms with Crippen molar-refractivity contribution in [3.05, 3.63) is 18.6 Å². The number of likely N-dealkylation sites (N-methyl/N-ethyl adjacent to an activating group) is 1. The quantitative estimate of drug-likeness (QED) is 0.870. The van der Waals surface area contributed by atoms with Gasteiger partial charge in [0.25, 0.3) is 0 Å². The van der Waals surface area contributed by atoms with E-state index in [4.69, 9.17) is 0 Å². The second-order valence-corrected chi connectivity index (χ2v) is 5.13. The molecule has 2 aromatic heterocycles. The lowest BCUT2D eigenvalue weighted by atomic mass is 10.2. The fraction of sp³-hybridized carbons (Fsp3) is 0.538. The van der Waals surface area contributed by atoms with Gasteiger partial charge in [0.2, 0.25) is 0 Å². The molecule has 1 unspecified atom stereocenters. The zero-order valence-electron chi connectivity index (χ0n) is 11.7. The van der Waals surface area contributed by atoms with Gasteiger partial charge in [-0.3, -0.25) is 0 Å². The van der Waals surface area contributed by atoms with Crippen LogP contribution < -0.4 is 10.2 Å². The molecule has 19 heavy (non-hydrogen) atoms. The highest BCUT2D eigenvalue weighted by Gasteiger charge is 2.24. The van der Waals surface area contributed by atoms with Gasteiger partial charge in [0.05, 0.1) is 6.20 Å². The predicted octanol–water partition coefficient (Wildman–Crippen LogP) is 0.911. The first kappa shape index (κ1) is 12.2. The Morgan fingerprint density at radius 2 is 2.21 bits per heavy atom. The van der Waals surface area contributed by atoms with Gasteiger partial charge in [0.15, 0.2) is 11.5 Å². The van der Waals surface area contributed by atoms with Crippen molar-refractivity contribution in [2.24, 2.45) is 0 Å². The lowest BCUT2D eigenvalue weighted by Gasteiger charge is -2.38. The molecule has 3 heterocycles. The molecule has 0 amide bonds. The minimum Gasteiger partial charge on any atom is -0.372 e. The molecule has 102 valence electrons. The van der Waals surface area contributed by atoms with E-state index in [-0.39, 0.29) is 0 Å². The van der Waals surface area contributed by atoms with Gasteiger partial charge in [0, 0.05) is 45.1 Å². The van der Waals surface area contributed by atoms with Crippen LogP contribution in [0.3, 0.4) is 0 Å². The molecule has 0 aromatic carbocycles. The fourth-order valence-electron chi connectivity index (χ4n) is 2.49. The highest BCUT2D eigenvalue weighted by Crippen LogP contribution is 2.22. The van der Waals surface area contributed by atoms with Gasteiger partial charge in [-0.05, 0) is 14.0 Å². The average molecular weight is 260 g/mol. The van der Waals surface area contributed by atoms with Crippen molar-refractivity contribution in [2.45, 2.75) is 13.0 Å². The Hall–Kier alpha value is -1.82. The van der Waals surface area contributed by atoms with Crippen molar-refractivity contribution in [1.29, 1.82) is 0 Å². The number of anilines is 2. The molecule has 1 N–H and O–H groups in total. The third-order valence-corrected chi connectivity index (χ3v) is 3.87. The van der Waals surface area contributed by atoms with Crippen molar-refractivity contribution in [1.82, 2.24) is 19.3 Å². The van der Waals surface area contributed by atoms with Crippen LogP contribution in [0.1, 0.15) is 6.92 Å². The molecule has 0 bridgehead atoms. The van der Waals surface area contributed by atoms with Gasteiger partial charge in [-0.15, -0.1) is 0 Å². The lowest BCUT2D eigenvalue weighted by molar-refractivity contribution is 0.233. The summed E-state index contributed by atoms with van der Waals surface area (Å²) >= 11 is 0. The molecule has 0 saturated carbocycles. The Labute approximate surface area is 113 Å². The first-order valence-corrected chi connectivity index (χ1v) is 6.65. The third kappa shape index (κ3) is 2.12. The first-order valence-electron chi connectivity index (χ1n) is 6.65. The molecule has 0 spiro atoms. The van der Waals surface area contributed by atoms with E-state index in [9.17, 15) is 0 Å². The van der Waals surface area contributed by atoms with Crippen LogP contribution in [0.2, 0.25) is 0 Å². The van der Waals surface area contributed by atoms with Crippen molar-refractivity contribution < 1.29 is 0 Å². The minimum absolute atomic E-state index is 0.531. The summed E-state index contributed by atoms with van der Waals surface area (Å²) in [5.74, 6) is 1.84. The number of rotatable bonds is 2. The van der Waals surface area contributed by atoms with Gasteiger partial charge >= 0.3 is 0 Å². The highest BCUT2D eigenvalue weighted by molar-refractivity contribution is 5.67. The maximum Gasteiger partial charge on any atom is 0.180 e. The van der Waals surface area contributed by atoms with E-state index >= 15 is 0 Å². The molecule has 0 radical (unpaired) electrons. The smallest absolute Gasteiger partial charge is 0.180 e. The molecule has 3 rings (SSSR count). The Morgan fingerprint density at radius 1 is 1.37 bits per heavy atom. The lowest BCUT2D eigenvalue weighted by Crippen LogP contribution is -2.50. The summed E-state index contributed by atoms with van der Waals surface area (Å²) in [4.78, 5) is 13.8. The zero-order chi connectivity index (χ0) is 13.4. The van der Waals surface area contributed by atoms with E-state index in [2.05, 4.69) is 39.1 Å². The molecule has 1 aliphatic heterocycles. The standard InChI is InChI=1S/C13H20N6/c1-10-8-19(7-6-17(10)3)13-12-15-4-5-18(12)9-11(14-2)16-13/h4-5,9-10,14H,6-8H2,1-3H3. The van der Waals surface area contributed by atoms with Gasteiger partial charge in [-0.1, -0.05) is 0 Å². The second-order valence-electron chi connectivity index (χ2n) is 5.13. The fourth-order valence-corrected chi connectivity index (χ4v) is 2.49. The van der Waals surface area contributed by atoms with Gasteiger partial charge in [-0.2, -0.15) is 0 Å². The molecular formula is C13H20N6. The number of nitrogens with one attached hydrogen (secondary N) is 1. The number of hydrogen-bond donors (Lipinski definition) is 1. The largest absolute Gasteiger partial charge is 0.372 e. The van der Waals surface area contributed by atoms with E-state index < -0.39 is 0 Å². The van der Waals surface area contributed by atoms with Crippen LogP contribution in [0.5, 0.6) is 0 Å². The van der Waals surface area contributed by atoms with Crippen molar-refractivity contribution in [2.75, 3.05) is 43.9 Å². The van der Waals surface area contributed by atoms with E-state index in [0.717, 1.165) is 36.9 Å². The monoisotopic (exact) mass is 260 g/mol. The number of hydrogen-bond acceptors (Lipinski definition) is 5. The number of imidazole rings is 1. The summed E-state index contributed by atoms with van der Waals surface area (Å²) in [5.41, 5.74) is 0.927. The van der Waals surface area contributed by atoms with Crippen LogP contribution in [0, 0.1) is 0 Å². The van der Waals surface area contributed by atoms with Crippen molar-refractivity contribution >= 4 is 17.3 Å². The SMILES string of the molecule is CNc1cn2ccnc2c(N2CCN(C)C(C)C2)n1. The van der Waals surface area contributed by atoms with Crippen LogP contribution in [-0.2, 0) is 0 Å². The molecule has 1 fully saturated rings. The summed E-state index contributed by atoms with van der Waals surface area (Å²) in [5, 5.41) is 3.11. The Balaban J connectivity index is 2.01. The molecular weight excluding hydrogens is 240 g/mol. The Bertz CT molecular complexity index is 578. The van der Waals surface area contributed by atoms with Crippen molar-refractivity contribution in [3.8, 4) is 0 Å². The minimum atomic E-state index is 0.531. The van der Waals surface area contributed by atoms with E-state index in [0.29, 0.717) is 6.04 Å². The van der Waals surface area contributed by atoms with E-state index in [1.807, 2.05) is 30.0 Å². The van der Waals surface area contributed by atoms with Gasteiger partial charge in [0.1, 0.15) is 5.82 Å². The van der Waals surface area contributed by atoms with Crippen molar-refractivity contribution in [3.63, 3.8) is 0 Å². The molecule has 2 aromatic rings. The maximum atomic E-state index is 4.69. The van der Waals surface area contributed by atoms with Crippen LogP contribution in [0.25, 0.3) is 5.65 Å².